The average Bonchev–Trinajstić information content (AvgIpc) is 2.83. The Labute approximate surface area is 110 Å². The third kappa shape index (κ3) is 3.00. The van der Waals surface area contributed by atoms with Crippen LogP contribution in [0.15, 0.2) is 34.7 Å². The van der Waals surface area contributed by atoms with Crippen LogP contribution in [0.1, 0.15) is 28.6 Å². The van der Waals surface area contributed by atoms with Gasteiger partial charge < -0.3 is 9.52 Å². The monoisotopic (exact) mass is 261 g/mol. The van der Waals surface area contributed by atoms with Crippen LogP contribution in [0.25, 0.3) is 0 Å². The van der Waals surface area contributed by atoms with Crippen molar-refractivity contribution >= 4 is 5.88 Å². The van der Waals surface area contributed by atoms with Crippen molar-refractivity contribution in [2.45, 2.75) is 26.4 Å². The van der Waals surface area contributed by atoms with E-state index in [1.165, 1.54) is 12.1 Å². The lowest BCUT2D eigenvalue weighted by molar-refractivity contribution is -0.402. The highest BCUT2D eigenvalue weighted by Gasteiger charge is 2.18. The summed E-state index contributed by atoms with van der Waals surface area (Å²) in [4.78, 5) is 9.91. The summed E-state index contributed by atoms with van der Waals surface area (Å²) in [6.45, 7) is 3.94. The molecule has 0 saturated carbocycles. The molecule has 0 aliphatic heterocycles. The fourth-order valence-electron chi connectivity index (χ4n) is 1.95. The van der Waals surface area contributed by atoms with E-state index < -0.39 is 11.0 Å². The lowest BCUT2D eigenvalue weighted by Crippen LogP contribution is -2.02. The van der Waals surface area contributed by atoms with Crippen LogP contribution in [0.3, 0.4) is 0 Å². The van der Waals surface area contributed by atoms with Gasteiger partial charge in [0.1, 0.15) is 16.8 Å². The number of aryl methyl sites for hydroxylation is 2. The van der Waals surface area contributed by atoms with Crippen molar-refractivity contribution in [2.75, 3.05) is 0 Å². The van der Waals surface area contributed by atoms with Crippen molar-refractivity contribution in [3.63, 3.8) is 0 Å². The number of furan rings is 1. The van der Waals surface area contributed by atoms with Crippen LogP contribution < -0.4 is 0 Å². The number of nitrogens with zero attached hydrogens (tertiary/aromatic N) is 1. The second kappa shape index (κ2) is 5.24. The number of nitro groups is 1. The van der Waals surface area contributed by atoms with Crippen LogP contribution >= 0.6 is 0 Å². The molecule has 1 aromatic carbocycles. The normalized spacial score (nSPS) is 12.4. The highest BCUT2D eigenvalue weighted by atomic mass is 16.6. The minimum atomic E-state index is -0.880. The van der Waals surface area contributed by atoms with E-state index in [2.05, 4.69) is 0 Å². The molecule has 0 bridgehead atoms. The van der Waals surface area contributed by atoms with Gasteiger partial charge in [-0.15, -0.1) is 0 Å². The van der Waals surface area contributed by atoms with Gasteiger partial charge in [0.25, 0.3) is 0 Å². The van der Waals surface area contributed by atoms with Crippen molar-refractivity contribution in [3.8, 4) is 0 Å². The SMILES string of the molecule is Cc1ccc(C)c(CC(O)c2ccc([N+](=O)[O-])o2)c1. The first-order valence-corrected chi connectivity index (χ1v) is 5.95. The molecule has 0 aliphatic carbocycles. The molecule has 19 heavy (non-hydrogen) atoms. The minimum absolute atomic E-state index is 0.215. The first-order valence-electron chi connectivity index (χ1n) is 5.95. The summed E-state index contributed by atoms with van der Waals surface area (Å²) >= 11 is 0. The van der Waals surface area contributed by atoms with E-state index in [9.17, 15) is 15.2 Å². The van der Waals surface area contributed by atoms with Crippen LogP contribution in [-0.4, -0.2) is 10.0 Å². The molecule has 1 N–H and O–H groups in total. The maximum Gasteiger partial charge on any atom is 0.433 e. The van der Waals surface area contributed by atoms with Gasteiger partial charge in [-0.3, -0.25) is 10.1 Å². The van der Waals surface area contributed by atoms with E-state index in [0.29, 0.717) is 6.42 Å². The third-order valence-electron chi connectivity index (χ3n) is 3.04. The van der Waals surface area contributed by atoms with Gasteiger partial charge in [-0.25, -0.2) is 0 Å². The molecule has 1 heterocycles. The molecule has 5 heteroatoms. The molecule has 0 amide bonds. The molecule has 1 aromatic heterocycles. The molecule has 100 valence electrons. The maximum absolute atomic E-state index is 10.5. The zero-order valence-electron chi connectivity index (χ0n) is 10.8. The van der Waals surface area contributed by atoms with Crippen LogP contribution in [-0.2, 0) is 6.42 Å². The number of hydrogen-bond donors (Lipinski definition) is 1. The summed E-state index contributed by atoms with van der Waals surface area (Å²) in [7, 11) is 0. The summed E-state index contributed by atoms with van der Waals surface area (Å²) < 4.78 is 5.00. The van der Waals surface area contributed by atoms with Crippen LogP contribution in [0, 0.1) is 24.0 Å². The van der Waals surface area contributed by atoms with E-state index in [0.717, 1.165) is 16.7 Å². The number of benzene rings is 1. The summed E-state index contributed by atoms with van der Waals surface area (Å²) in [6.07, 6.45) is -0.507. The summed E-state index contributed by atoms with van der Waals surface area (Å²) in [5.74, 6) is -0.136. The van der Waals surface area contributed by atoms with Gasteiger partial charge in [-0.05, 0) is 31.0 Å². The fourth-order valence-corrected chi connectivity index (χ4v) is 1.95. The fraction of sp³-hybridized carbons (Fsp3) is 0.286. The Kier molecular flexibility index (Phi) is 3.66. The Morgan fingerprint density at radius 1 is 1.32 bits per heavy atom. The van der Waals surface area contributed by atoms with Crippen molar-refractivity contribution in [1.29, 1.82) is 0 Å². The van der Waals surface area contributed by atoms with Gasteiger partial charge in [-0.2, -0.15) is 0 Å². The molecule has 1 unspecified atom stereocenters. The van der Waals surface area contributed by atoms with Gasteiger partial charge in [-0.1, -0.05) is 23.8 Å². The molecule has 5 nitrogen and oxygen atoms in total. The van der Waals surface area contributed by atoms with Gasteiger partial charge in [0.2, 0.25) is 0 Å². The second-order valence-corrected chi connectivity index (χ2v) is 4.58. The maximum atomic E-state index is 10.5. The Balaban J connectivity index is 2.17. The topological polar surface area (TPSA) is 76.5 Å². The van der Waals surface area contributed by atoms with Crippen molar-refractivity contribution in [2.24, 2.45) is 0 Å². The van der Waals surface area contributed by atoms with Crippen molar-refractivity contribution < 1.29 is 14.4 Å². The minimum Gasteiger partial charge on any atom is -0.403 e. The van der Waals surface area contributed by atoms with Crippen LogP contribution in [0.2, 0.25) is 0 Å². The Bertz CT molecular complexity index is 603. The van der Waals surface area contributed by atoms with Crippen LogP contribution in [0.4, 0.5) is 5.88 Å². The molecular formula is C14H15NO4. The molecule has 2 rings (SSSR count). The first kappa shape index (κ1) is 13.3. The van der Waals surface area contributed by atoms with Gasteiger partial charge in [0.15, 0.2) is 0 Å². The molecule has 0 saturated heterocycles. The molecule has 0 radical (unpaired) electrons. The quantitative estimate of drug-likeness (QED) is 0.677. The molecule has 2 aromatic rings. The largest absolute Gasteiger partial charge is 0.433 e. The zero-order valence-corrected chi connectivity index (χ0v) is 10.8. The van der Waals surface area contributed by atoms with E-state index in [4.69, 9.17) is 4.42 Å². The zero-order chi connectivity index (χ0) is 14.0. The number of rotatable bonds is 4. The summed E-state index contributed by atoms with van der Waals surface area (Å²) in [6, 6.07) is 8.68. The number of hydrogen-bond acceptors (Lipinski definition) is 4. The van der Waals surface area contributed by atoms with Gasteiger partial charge in [0, 0.05) is 6.42 Å². The second-order valence-electron chi connectivity index (χ2n) is 4.58. The first-order chi connectivity index (χ1) is 8.97. The third-order valence-corrected chi connectivity index (χ3v) is 3.04. The lowest BCUT2D eigenvalue weighted by atomic mass is 9.99. The standard InChI is InChI=1S/C14H15NO4/c1-9-3-4-10(2)11(7-9)8-12(16)13-5-6-14(19-13)15(17)18/h3-7,12,16H,8H2,1-2H3. The van der Waals surface area contributed by atoms with Crippen molar-refractivity contribution in [1.82, 2.24) is 0 Å². The Morgan fingerprint density at radius 2 is 2.05 bits per heavy atom. The van der Waals surface area contributed by atoms with E-state index >= 15 is 0 Å². The van der Waals surface area contributed by atoms with Gasteiger partial charge >= 0.3 is 5.88 Å². The molecule has 0 aliphatic rings. The summed E-state index contributed by atoms with van der Waals surface area (Å²) in [5, 5.41) is 20.6. The molecular weight excluding hydrogens is 246 g/mol. The average molecular weight is 261 g/mol. The Morgan fingerprint density at radius 3 is 2.68 bits per heavy atom. The number of aliphatic hydroxyl groups excluding tert-OH is 1. The highest BCUT2D eigenvalue weighted by Crippen LogP contribution is 2.25. The van der Waals surface area contributed by atoms with E-state index in [1.807, 2.05) is 32.0 Å². The van der Waals surface area contributed by atoms with E-state index in [-0.39, 0.29) is 11.6 Å². The lowest BCUT2D eigenvalue weighted by Gasteiger charge is -2.10. The molecule has 0 spiro atoms. The van der Waals surface area contributed by atoms with Crippen molar-refractivity contribution in [3.05, 3.63) is 62.9 Å². The smallest absolute Gasteiger partial charge is 0.403 e. The predicted molar refractivity (Wildman–Crippen MR) is 69.9 cm³/mol. The number of aliphatic hydroxyl groups is 1. The van der Waals surface area contributed by atoms with Crippen LogP contribution in [0.5, 0.6) is 0 Å². The highest BCUT2D eigenvalue weighted by molar-refractivity contribution is 5.31. The molecule has 1 atom stereocenters. The molecule has 0 fully saturated rings. The Hall–Kier alpha value is -2.14. The van der Waals surface area contributed by atoms with E-state index in [1.54, 1.807) is 0 Å². The van der Waals surface area contributed by atoms with Gasteiger partial charge in [0.05, 0.1) is 6.07 Å². The summed E-state index contributed by atoms with van der Waals surface area (Å²) in [5.41, 5.74) is 3.19. The predicted octanol–water partition coefficient (Wildman–Crippen LogP) is 3.08.